The third-order valence-electron chi connectivity index (χ3n) is 12.5. The van der Waals surface area contributed by atoms with E-state index >= 15 is 0 Å². The first-order chi connectivity index (χ1) is 37.0. The van der Waals surface area contributed by atoms with E-state index in [4.69, 9.17) is 40.4 Å². The third kappa shape index (κ3) is 42.0. The molecule has 3 aliphatic carbocycles. The SMILES string of the molecule is CC(C)C(=O)NCCO.CC(C)C(=O)NCCOC(=O)C1CCCCC1.CC(C)C(=O)O.CO[C@@H](C(=O)C[C@@H](C)C(=O)NCCOC(=O)C1CCCCC1)[C@H](O)[C@@H](O)[C@H](O)/C=C/C(C)(C)C.NCCO.O=C(O)C1CCCCC1. The molecule has 0 spiro atoms. The number of ether oxygens (including phenoxy) is 3. The number of aliphatic hydroxyl groups is 5. The Hall–Kier alpha value is -4.58. The highest BCUT2D eigenvalue weighted by atomic mass is 16.5. The Morgan fingerprint density at radius 3 is 1.24 bits per heavy atom. The fourth-order valence-corrected chi connectivity index (χ4v) is 7.53. The molecule has 5 atom stereocenters. The van der Waals surface area contributed by atoms with Crippen molar-refractivity contribution < 1.29 is 88.3 Å². The van der Waals surface area contributed by atoms with Crippen LogP contribution in [0.1, 0.15) is 172 Å². The number of nitrogens with one attached hydrogen (secondary N) is 3. The number of nitrogens with two attached hydrogens (primary N) is 1. The second-order valence-electron chi connectivity index (χ2n) is 22.0. The van der Waals surface area contributed by atoms with Gasteiger partial charge in [-0.15, -0.1) is 0 Å². The molecule has 0 aromatic heterocycles. The number of carboxylic acid groups (broad SMARTS) is 2. The van der Waals surface area contributed by atoms with Crippen LogP contribution in [0.3, 0.4) is 0 Å². The van der Waals surface area contributed by atoms with Crippen LogP contribution in [0, 0.1) is 46.8 Å². The van der Waals surface area contributed by atoms with E-state index in [-0.39, 0.29) is 104 Å². The molecule has 0 aromatic rings. The van der Waals surface area contributed by atoms with Crippen LogP contribution in [-0.2, 0) is 52.6 Å². The molecule has 3 amide bonds. The summed E-state index contributed by atoms with van der Waals surface area (Å²) in [5.74, 6) is -3.63. The van der Waals surface area contributed by atoms with Gasteiger partial charge in [-0.1, -0.05) is 139 Å². The summed E-state index contributed by atoms with van der Waals surface area (Å²) in [5, 5.41) is 71.2. The van der Waals surface area contributed by atoms with E-state index in [2.05, 4.69) is 16.0 Å². The lowest BCUT2D eigenvalue weighted by atomic mass is 9.89. The molecule has 22 nitrogen and oxygen atoms in total. The lowest BCUT2D eigenvalue weighted by Gasteiger charge is -2.27. The molecule has 462 valence electrons. The molecule has 0 bridgehead atoms. The Morgan fingerprint density at radius 1 is 0.570 bits per heavy atom. The van der Waals surface area contributed by atoms with E-state index < -0.39 is 54.0 Å². The molecule has 3 saturated carbocycles. The number of hydrogen-bond donors (Lipinski definition) is 11. The van der Waals surface area contributed by atoms with Crippen LogP contribution in [0.5, 0.6) is 0 Å². The van der Waals surface area contributed by atoms with Gasteiger partial charge >= 0.3 is 23.9 Å². The van der Waals surface area contributed by atoms with Gasteiger partial charge in [0.2, 0.25) is 17.7 Å². The van der Waals surface area contributed by atoms with Gasteiger partial charge in [0.1, 0.15) is 37.6 Å². The number of carbonyl (C=O) groups excluding carboxylic acids is 6. The number of aliphatic carboxylic acids is 2. The van der Waals surface area contributed by atoms with E-state index in [0.29, 0.717) is 19.6 Å². The van der Waals surface area contributed by atoms with Gasteiger partial charge in [0.15, 0.2) is 5.78 Å². The predicted molar refractivity (Wildman–Crippen MR) is 300 cm³/mol. The molecule has 79 heavy (non-hydrogen) atoms. The minimum absolute atomic E-state index is 0.00119. The zero-order valence-electron chi connectivity index (χ0n) is 49.7. The van der Waals surface area contributed by atoms with Crippen molar-refractivity contribution in [3.05, 3.63) is 12.2 Å². The Morgan fingerprint density at radius 2 is 0.937 bits per heavy atom. The lowest BCUT2D eigenvalue weighted by molar-refractivity contribution is -0.150. The van der Waals surface area contributed by atoms with Crippen molar-refractivity contribution in [1.82, 2.24) is 16.0 Å². The highest BCUT2D eigenvalue weighted by Crippen LogP contribution is 2.26. The molecule has 0 radical (unpaired) electrons. The van der Waals surface area contributed by atoms with Crippen LogP contribution >= 0.6 is 0 Å². The van der Waals surface area contributed by atoms with Gasteiger partial charge in [0, 0.05) is 44.4 Å². The second-order valence-corrected chi connectivity index (χ2v) is 22.0. The average molecular weight is 1140 g/mol. The fraction of sp³-hybridized carbons (Fsp3) is 0.825. The topological polar surface area (TPSA) is 368 Å². The molecule has 22 heteroatoms. The van der Waals surface area contributed by atoms with Gasteiger partial charge < -0.3 is 71.6 Å². The Balaban J connectivity index is -0.00000105. The molecule has 0 unspecified atom stereocenters. The van der Waals surface area contributed by atoms with Crippen molar-refractivity contribution in [2.24, 2.45) is 52.6 Å². The van der Waals surface area contributed by atoms with Crippen molar-refractivity contribution in [1.29, 1.82) is 0 Å². The van der Waals surface area contributed by atoms with Crippen LogP contribution in [0.25, 0.3) is 0 Å². The summed E-state index contributed by atoms with van der Waals surface area (Å²) in [4.78, 5) is 90.6. The number of carbonyl (C=O) groups is 8. The first-order valence-corrected chi connectivity index (χ1v) is 28.4. The number of carboxylic acids is 2. The largest absolute Gasteiger partial charge is 0.481 e. The Kier molecular flexibility index (Phi) is 46.9. The number of Topliss-reactive ketones (excluding diaryl/α,β-unsaturated/α-hetero) is 1. The smallest absolute Gasteiger partial charge is 0.308 e. The third-order valence-corrected chi connectivity index (χ3v) is 12.5. The maximum atomic E-state index is 12.6. The normalized spacial score (nSPS) is 16.8. The quantitative estimate of drug-likeness (QED) is 0.0361. The number of hydrogen-bond acceptors (Lipinski definition) is 17. The maximum Gasteiger partial charge on any atom is 0.308 e. The minimum Gasteiger partial charge on any atom is -0.481 e. The number of ketones is 1. The molecule has 0 aliphatic heterocycles. The first kappa shape index (κ1) is 78.6. The predicted octanol–water partition coefficient (Wildman–Crippen LogP) is 4.47. The first-order valence-electron chi connectivity index (χ1n) is 28.4. The molecule has 12 N–H and O–H groups in total. The van der Waals surface area contributed by atoms with Crippen molar-refractivity contribution in [2.75, 3.05) is 59.7 Å². The molecular formula is C57H106N4O18. The van der Waals surface area contributed by atoms with Gasteiger partial charge in [-0.3, -0.25) is 38.4 Å². The van der Waals surface area contributed by atoms with Crippen LogP contribution < -0.4 is 21.7 Å². The van der Waals surface area contributed by atoms with Crippen LogP contribution in [0.15, 0.2) is 12.2 Å². The fourth-order valence-electron chi connectivity index (χ4n) is 7.53. The summed E-state index contributed by atoms with van der Waals surface area (Å²) in [7, 11) is 1.21. The molecule has 3 aliphatic rings. The molecule has 0 heterocycles. The number of amides is 3. The number of allylic oxidation sites excluding steroid dienone is 1. The van der Waals surface area contributed by atoms with Gasteiger partial charge in [-0.25, -0.2) is 0 Å². The Labute approximate surface area is 471 Å². The van der Waals surface area contributed by atoms with E-state index in [1.165, 1.54) is 26.0 Å². The molecule has 0 saturated heterocycles. The Bertz CT molecular complexity index is 1700. The lowest BCUT2D eigenvalue weighted by Crippen LogP contribution is -2.48. The van der Waals surface area contributed by atoms with Gasteiger partial charge in [0.25, 0.3) is 0 Å². The van der Waals surface area contributed by atoms with Crippen molar-refractivity contribution in [3.8, 4) is 0 Å². The van der Waals surface area contributed by atoms with Crippen LogP contribution in [0.2, 0.25) is 0 Å². The summed E-state index contributed by atoms with van der Waals surface area (Å²) < 4.78 is 15.5. The zero-order chi connectivity index (χ0) is 61.1. The molecule has 3 rings (SSSR count). The van der Waals surface area contributed by atoms with E-state index in [0.717, 1.165) is 83.5 Å². The van der Waals surface area contributed by atoms with Crippen LogP contribution in [-0.4, -0.2) is 167 Å². The molecular weight excluding hydrogens is 1030 g/mol. The summed E-state index contributed by atoms with van der Waals surface area (Å²) >= 11 is 0. The number of esters is 2. The monoisotopic (exact) mass is 1130 g/mol. The zero-order valence-corrected chi connectivity index (χ0v) is 49.7. The van der Waals surface area contributed by atoms with Crippen molar-refractivity contribution in [2.45, 2.75) is 196 Å². The highest BCUT2D eigenvalue weighted by molar-refractivity contribution is 5.89. The highest BCUT2D eigenvalue weighted by Gasteiger charge is 2.36. The average Bonchev–Trinajstić information content (AvgIpc) is 3.42. The summed E-state index contributed by atoms with van der Waals surface area (Å²) in [6.07, 6.45) is 12.2. The number of aliphatic hydroxyl groups excluding tert-OH is 5. The van der Waals surface area contributed by atoms with Crippen molar-refractivity contribution >= 4 is 47.4 Å². The standard InChI is InChI=1S/C25H43NO8.C13H23NO3.C7H12O2.C6H13NO2.C4H8O2.C2H7NO/c1-16(23(31)26-13-14-34-24(32)17-9-7-6-8-10-17)15-19(28)22(33-5)21(30)20(29)18(27)11-12-25(2,3)4;1-10(2)12(15)14-8-9-17-13(16)11-6-4-3-5-7-11;8-7(9)6-4-2-1-3-5-6;1-5(2)6(9)7-3-4-8;1-3(2)4(5)6;3-1-2-4/h11-12,16-18,20-22,27,29-30H,6-10,13-15H2,1-5H3,(H,26,31);10-11H,3-9H2,1-2H3,(H,14,15);6H,1-5H2,(H,8,9);5,8H,3-4H2,1-2H3,(H,7,9);3H,1-2H3,(H,5,6);4H,1-3H2/b12-11+;;;;;/t16-,18-,20+,21-,22+;;;;;/m1...../s1. The molecule has 0 aromatic carbocycles. The van der Waals surface area contributed by atoms with Crippen LogP contribution in [0.4, 0.5) is 0 Å². The number of methoxy groups -OCH3 is 1. The van der Waals surface area contributed by atoms with Gasteiger partial charge in [-0.2, -0.15) is 0 Å². The molecule has 3 fully saturated rings. The minimum atomic E-state index is -1.67. The summed E-state index contributed by atoms with van der Waals surface area (Å²) in [6.45, 7) is 19.6. The van der Waals surface area contributed by atoms with E-state index in [1.807, 2.05) is 48.5 Å². The summed E-state index contributed by atoms with van der Waals surface area (Å²) in [5.41, 5.74) is 4.54. The van der Waals surface area contributed by atoms with E-state index in [9.17, 15) is 53.7 Å². The number of rotatable bonds is 24. The maximum absolute atomic E-state index is 12.6. The van der Waals surface area contributed by atoms with Gasteiger partial charge in [-0.05, 0) is 43.9 Å². The van der Waals surface area contributed by atoms with Crippen molar-refractivity contribution in [3.63, 3.8) is 0 Å². The van der Waals surface area contributed by atoms with Gasteiger partial charge in [0.05, 0.1) is 50.0 Å². The van der Waals surface area contributed by atoms with E-state index in [1.54, 1.807) is 26.8 Å². The summed E-state index contributed by atoms with van der Waals surface area (Å²) in [6, 6.07) is 0. The second kappa shape index (κ2) is 47.1.